The van der Waals surface area contributed by atoms with Crippen molar-refractivity contribution >= 4 is 5.91 Å². The highest BCUT2D eigenvalue weighted by molar-refractivity contribution is 5.94. The number of hydrogen-bond donors (Lipinski definition) is 1. The zero-order chi connectivity index (χ0) is 16.4. The number of amides is 1. The summed E-state index contributed by atoms with van der Waals surface area (Å²) in [6.07, 6.45) is 3.53. The Kier molecular flexibility index (Phi) is 4.93. The fraction of sp³-hybridized carbons (Fsp3) is 0.611. The number of likely N-dealkylation sites (N-methyl/N-ethyl adjacent to an activating group) is 1. The maximum atomic E-state index is 12.6. The maximum absolute atomic E-state index is 12.6. The molecule has 1 amide bonds. The smallest absolute Gasteiger partial charge is 0.254 e. The maximum Gasteiger partial charge on any atom is 0.254 e. The number of carbonyl (C=O) groups excluding carboxylic acids is 1. The largest absolute Gasteiger partial charge is 0.390 e. The summed E-state index contributed by atoms with van der Waals surface area (Å²) in [6.45, 7) is 4.22. The third-order valence-corrected chi connectivity index (χ3v) is 4.48. The molecule has 0 aliphatic heterocycles. The first-order valence-corrected chi connectivity index (χ1v) is 7.86. The van der Waals surface area contributed by atoms with E-state index in [9.17, 15) is 9.90 Å². The van der Waals surface area contributed by atoms with Gasteiger partial charge in [-0.15, -0.1) is 0 Å². The molecule has 4 heteroatoms. The molecule has 1 aliphatic carbocycles. The minimum atomic E-state index is -0.660. The molecule has 0 aromatic heterocycles. The molecular weight excluding hydrogens is 278 g/mol. The van der Waals surface area contributed by atoms with E-state index < -0.39 is 5.60 Å². The van der Waals surface area contributed by atoms with Crippen LogP contribution in [0.2, 0.25) is 0 Å². The van der Waals surface area contributed by atoms with Crippen molar-refractivity contribution in [3.63, 3.8) is 0 Å². The minimum absolute atomic E-state index is 0.0450. The number of aliphatic hydroxyl groups is 1. The van der Waals surface area contributed by atoms with Crippen molar-refractivity contribution in [3.8, 4) is 0 Å². The van der Waals surface area contributed by atoms with Crippen LogP contribution >= 0.6 is 0 Å². The van der Waals surface area contributed by atoms with Gasteiger partial charge in [0.05, 0.1) is 17.7 Å². The van der Waals surface area contributed by atoms with Crippen LogP contribution in [-0.4, -0.2) is 47.8 Å². The van der Waals surface area contributed by atoms with Crippen LogP contribution in [-0.2, 0) is 11.2 Å². The van der Waals surface area contributed by atoms with Gasteiger partial charge in [-0.05, 0) is 57.2 Å². The summed E-state index contributed by atoms with van der Waals surface area (Å²) in [7, 11) is 3.53. The fourth-order valence-electron chi connectivity index (χ4n) is 2.66. The topological polar surface area (TPSA) is 49.8 Å². The van der Waals surface area contributed by atoms with E-state index in [1.54, 1.807) is 7.11 Å². The van der Waals surface area contributed by atoms with E-state index >= 15 is 0 Å². The van der Waals surface area contributed by atoms with E-state index in [1.165, 1.54) is 0 Å². The lowest BCUT2D eigenvalue weighted by atomic mass is 9.98. The molecule has 0 bridgehead atoms. The molecule has 22 heavy (non-hydrogen) atoms. The molecule has 0 saturated heterocycles. The molecule has 2 rings (SSSR count). The first kappa shape index (κ1) is 17.0. The molecule has 0 radical (unpaired) electrons. The molecule has 1 aromatic carbocycles. The Morgan fingerprint density at radius 1 is 1.32 bits per heavy atom. The van der Waals surface area contributed by atoms with Gasteiger partial charge < -0.3 is 14.7 Å². The number of methoxy groups -OCH3 is 1. The molecule has 0 unspecified atom stereocenters. The van der Waals surface area contributed by atoms with E-state index in [0.717, 1.165) is 24.8 Å². The van der Waals surface area contributed by atoms with Crippen molar-refractivity contribution in [2.24, 2.45) is 0 Å². The van der Waals surface area contributed by atoms with Gasteiger partial charge in [0.2, 0.25) is 0 Å². The fourth-order valence-corrected chi connectivity index (χ4v) is 2.66. The highest BCUT2D eigenvalue weighted by atomic mass is 16.5. The van der Waals surface area contributed by atoms with Crippen LogP contribution in [0.4, 0.5) is 0 Å². The zero-order valence-electron chi connectivity index (χ0n) is 14.1. The van der Waals surface area contributed by atoms with Gasteiger partial charge >= 0.3 is 0 Å². The van der Waals surface area contributed by atoms with Crippen LogP contribution in [0.1, 0.15) is 49.0 Å². The Morgan fingerprint density at radius 3 is 2.36 bits per heavy atom. The van der Waals surface area contributed by atoms with Gasteiger partial charge in [-0.25, -0.2) is 0 Å². The number of ether oxygens (including phenoxy) is 1. The van der Waals surface area contributed by atoms with E-state index in [-0.39, 0.29) is 11.4 Å². The summed E-state index contributed by atoms with van der Waals surface area (Å²) < 4.78 is 5.24. The molecule has 1 N–H and O–H groups in total. The van der Waals surface area contributed by atoms with Crippen LogP contribution in [0.3, 0.4) is 0 Å². The number of aryl methyl sites for hydroxylation is 1. The van der Waals surface area contributed by atoms with Crippen LogP contribution in [0.15, 0.2) is 24.3 Å². The zero-order valence-corrected chi connectivity index (χ0v) is 14.1. The second-order valence-electron chi connectivity index (χ2n) is 7.03. The quantitative estimate of drug-likeness (QED) is 0.842. The molecule has 1 fully saturated rings. The first-order chi connectivity index (χ1) is 10.3. The molecule has 4 nitrogen and oxygen atoms in total. The summed E-state index contributed by atoms with van der Waals surface area (Å²) in [5.41, 5.74) is 1.08. The molecule has 0 atom stereocenters. The summed E-state index contributed by atoms with van der Waals surface area (Å²) in [6, 6.07) is 7.70. The summed E-state index contributed by atoms with van der Waals surface area (Å²) in [5.74, 6) is 0.0450. The first-order valence-electron chi connectivity index (χ1n) is 7.86. The Balaban J connectivity index is 1.99. The number of rotatable bonds is 7. The van der Waals surface area contributed by atoms with E-state index in [4.69, 9.17) is 4.74 Å². The Hall–Kier alpha value is -1.39. The highest BCUT2D eigenvalue weighted by Crippen LogP contribution is 2.41. The highest BCUT2D eigenvalue weighted by Gasteiger charge is 2.48. The summed E-state index contributed by atoms with van der Waals surface area (Å²) in [5, 5.41) is 9.77. The number of benzene rings is 1. The average molecular weight is 305 g/mol. The summed E-state index contributed by atoms with van der Waals surface area (Å²) in [4.78, 5) is 14.4. The second-order valence-corrected chi connectivity index (χ2v) is 7.03. The van der Waals surface area contributed by atoms with Crippen LogP contribution < -0.4 is 0 Å². The van der Waals surface area contributed by atoms with Crippen molar-refractivity contribution in [2.45, 2.75) is 50.7 Å². The Labute approximate surface area is 133 Å². The lowest BCUT2D eigenvalue weighted by molar-refractivity contribution is 0.0550. The molecule has 122 valence electrons. The van der Waals surface area contributed by atoms with Gasteiger partial charge in [-0.1, -0.05) is 12.1 Å². The average Bonchev–Trinajstić information content (AvgIpc) is 3.25. The van der Waals surface area contributed by atoms with Gasteiger partial charge in [0.1, 0.15) is 0 Å². The number of nitrogens with zero attached hydrogens (tertiary/aromatic N) is 1. The predicted octanol–water partition coefficient (Wildman–Crippen LogP) is 2.64. The van der Waals surface area contributed by atoms with Crippen LogP contribution in [0.5, 0.6) is 0 Å². The standard InChI is InChI=1S/C18H27NO3/c1-17(2,21)10-9-14-5-7-15(8-6-14)16(20)19(3)18(11-12-18)13-22-4/h5-8,21H,9-13H2,1-4H3. The van der Waals surface area contributed by atoms with Gasteiger partial charge in [0.25, 0.3) is 5.91 Å². The minimum Gasteiger partial charge on any atom is -0.390 e. The van der Waals surface area contributed by atoms with E-state index in [0.29, 0.717) is 18.6 Å². The SMILES string of the molecule is COCC1(N(C)C(=O)c2ccc(CCC(C)(C)O)cc2)CC1. The van der Waals surface area contributed by atoms with Crippen LogP contribution in [0, 0.1) is 0 Å². The molecule has 0 heterocycles. The van der Waals surface area contributed by atoms with Crippen molar-refractivity contribution in [3.05, 3.63) is 35.4 Å². The molecule has 0 spiro atoms. The van der Waals surface area contributed by atoms with E-state index in [1.807, 2.05) is 50.1 Å². The van der Waals surface area contributed by atoms with Gasteiger partial charge in [0.15, 0.2) is 0 Å². The molecule has 1 aromatic rings. The van der Waals surface area contributed by atoms with Gasteiger partial charge in [-0.3, -0.25) is 4.79 Å². The number of carbonyl (C=O) groups is 1. The number of hydrogen-bond acceptors (Lipinski definition) is 3. The third-order valence-electron chi connectivity index (χ3n) is 4.48. The van der Waals surface area contributed by atoms with E-state index in [2.05, 4.69) is 0 Å². The van der Waals surface area contributed by atoms with Gasteiger partial charge in [-0.2, -0.15) is 0 Å². The van der Waals surface area contributed by atoms with Crippen molar-refractivity contribution in [1.82, 2.24) is 4.90 Å². The van der Waals surface area contributed by atoms with Crippen molar-refractivity contribution < 1.29 is 14.6 Å². The Bertz CT molecular complexity index is 512. The Morgan fingerprint density at radius 2 is 1.91 bits per heavy atom. The third kappa shape index (κ3) is 4.08. The lowest BCUT2D eigenvalue weighted by Gasteiger charge is -2.27. The lowest BCUT2D eigenvalue weighted by Crippen LogP contribution is -2.42. The monoisotopic (exact) mass is 305 g/mol. The van der Waals surface area contributed by atoms with Crippen molar-refractivity contribution in [2.75, 3.05) is 20.8 Å². The predicted molar refractivity (Wildman–Crippen MR) is 87.0 cm³/mol. The summed E-state index contributed by atoms with van der Waals surface area (Å²) >= 11 is 0. The van der Waals surface area contributed by atoms with Gasteiger partial charge in [0, 0.05) is 19.7 Å². The van der Waals surface area contributed by atoms with Crippen molar-refractivity contribution in [1.29, 1.82) is 0 Å². The second kappa shape index (κ2) is 6.39. The van der Waals surface area contributed by atoms with Crippen LogP contribution in [0.25, 0.3) is 0 Å². The molecule has 1 aliphatic rings. The molecular formula is C18H27NO3. The normalized spacial score (nSPS) is 16.4. The molecule has 1 saturated carbocycles.